The summed E-state index contributed by atoms with van der Waals surface area (Å²) in [6, 6.07) is 16.8. The molecule has 0 aliphatic carbocycles. The van der Waals surface area contributed by atoms with E-state index in [-0.39, 0.29) is 23.5 Å². The third-order valence-electron chi connectivity index (χ3n) is 5.61. The lowest BCUT2D eigenvalue weighted by atomic mass is 10.1. The number of benzene rings is 2. The van der Waals surface area contributed by atoms with E-state index in [1.165, 1.54) is 11.9 Å². The molecule has 4 rings (SSSR count). The molecule has 0 fully saturated rings. The predicted molar refractivity (Wildman–Crippen MR) is 136 cm³/mol. The molecule has 2 amide bonds. The molecule has 1 N–H and O–H groups in total. The third-order valence-corrected chi connectivity index (χ3v) is 8.12. The molecule has 35 heavy (non-hydrogen) atoms. The number of rotatable bonds is 7. The summed E-state index contributed by atoms with van der Waals surface area (Å²) in [5.74, 6) is -0.260. The molecule has 0 radical (unpaired) electrons. The van der Waals surface area contributed by atoms with Gasteiger partial charge < -0.3 is 10.1 Å². The Morgan fingerprint density at radius 3 is 2.57 bits per heavy atom. The van der Waals surface area contributed by atoms with Gasteiger partial charge in [-0.15, -0.1) is 0 Å². The molecule has 0 saturated heterocycles. The molecule has 1 aliphatic rings. The van der Waals surface area contributed by atoms with Crippen molar-refractivity contribution in [2.75, 3.05) is 35.6 Å². The minimum atomic E-state index is -3.52. The van der Waals surface area contributed by atoms with Gasteiger partial charge in [0.1, 0.15) is 10.6 Å². The van der Waals surface area contributed by atoms with E-state index >= 15 is 0 Å². The van der Waals surface area contributed by atoms with Crippen LogP contribution in [0.15, 0.2) is 54.6 Å². The van der Waals surface area contributed by atoms with Gasteiger partial charge in [0.05, 0.1) is 24.2 Å². The van der Waals surface area contributed by atoms with E-state index in [2.05, 4.69) is 10.3 Å². The molecule has 0 saturated carbocycles. The van der Waals surface area contributed by atoms with Crippen molar-refractivity contribution in [3.8, 4) is 5.75 Å². The Hall–Kier alpha value is -3.44. The quantitative estimate of drug-likeness (QED) is 0.519. The molecular weight excluding hydrogens is 488 g/mol. The SMILES string of the molecule is Cc1nc(N(C)S(C)(=O)=O)sc1C(=O)N1C[C@H](C(=O)NCCc2ccccc2)Oc2ccccc21. The van der Waals surface area contributed by atoms with Crippen LogP contribution in [-0.4, -0.2) is 57.7 Å². The average Bonchev–Trinajstić information content (AvgIpc) is 3.23. The topological polar surface area (TPSA) is 109 Å². The van der Waals surface area contributed by atoms with E-state index in [1.807, 2.05) is 30.3 Å². The van der Waals surface area contributed by atoms with Crippen molar-refractivity contribution >= 4 is 44.0 Å². The molecule has 1 aromatic heterocycles. The first-order valence-electron chi connectivity index (χ1n) is 11.0. The Bertz CT molecular complexity index is 1340. The summed E-state index contributed by atoms with van der Waals surface area (Å²) in [5.41, 5.74) is 2.06. The molecule has 9 nitrogen and oxygen atoms in total. The summed E-state index contributed by atoms with van der Waals surface area (Å²) < 4.78 is 30.8. The van der Waals surface area contributed by atoms with E-state index in [4.69, 9.17) is 4.74 Å². The van der Waals surface area contributed by atoms with Gasteiger partial charge in [0, 0.05) is 13.6 Å². The third kappa shape index (κ3) is 5.46. The van der Waals surface area contributed by atoms with Gasteiger partial charge in [-0.1, -0.05) is 53.8 Å². The highest BCUT2D eigenvalue weighted by Crippen LogP contribution is 2.36. The van der Waals surface area contributed by atoms with Crippen molar-refractivity contribution < 1.29 is 22.7 Å². The second kappa shape index (κ2) is 10.0. The highest BCUT2D eigenvalue weighted by molar-refractivity contribution is 7.92. The predicted octanol–water partition coefficient (Wildman–Crippen LogP) is 2.61. The summed E-state index contributed by atoms with van der Waals surface area (Å²) >= 11 is 0.995. The van der Waals surface area contributed by atoms with Crippen LogP contribution in [0.3, 0.4) is 0 Å². The van der Waals surface area contributed by atoms with Crippen LogP contribution in [0.25, 0.3) is 0 Å². The standard InChI is InChI=1S/C24H26N4O5S2/c1-16-21(34-24(26-16)27(2)35(3,31)32)23(30)28-15-20(33-19-12-8-7-11-18(19)28)22(29)25-14-13-17-9-5-4-6-10-17/h4-12,20H,13-15H2,1-3H3,(H,25,29)/t20-/m1/s1. The van der Waals surface area contributed by atoms with Crippen LogP contribution in [0.4, 0.5) is 10.8 Å². The first-order chi connectivity index (χ1) is 16.6. The fourth-order valence-electron chi connectivity index (χ4n) is 3.63. The Balaban J connectivity index is 1.54. The van der Waals surface area contributed by atoms with Gasteiger partial charge in [0.25, 0.3) is 11.8 Å². The van der Waals surface area contributed by atoms with E-state index in [1.54, 1.807) is 31.2 Å². The minimum absolute atomic E-state index is 0.0155. The number of nitrogens with one attached hydrogen (secondary N) is 1. The molecular formula is C24H26N4O5S2. The molecule has 3 aromatic rings. The van der Waals surface area contributed by atoms with E-state index in [0.717, 1.165) is 27.5 Å². The minimum Gasteiger partial charge on any atom is -0.477 e. The first kappa shape index (κ1) is 24.7. The summed E-state index contributed by atoms with van der Waals surface area (Å²) in [6.45, 7) is 2.11. The number of anilines is 2. The van der Waals surface area contributed by atoms with Crippen LogP contribution >= 0.6 is 11.3 Å². The number of para-hydroxylation sites is 2. The number of aryl methyl sites for hydroxylation is 1. The zero-order valence-corrected chi connectivity index (χ0v) is 21.2. The Morgan fingerprint density at radius 2 is 1.86 bits per heavy atom. The molecule has 0 bridgehead atoms. The van der Waals surface area contributed by atoms with Crippen molar-refractivity contribution in [1.82, 2.24) is 10.3 Å². The number of amides is 2. The number of carbonyl (C=O) groups is 2. The van der Waals surface area contributed by atoms with Crippen molar-refractivity contribution in [2.45, 2.75) is 19.4 Å². The Kier molecular flexibility index (Phi) is 7.08. The highest BCUT2D eigenvalue weighted by atomic mass is 32.2. The summed E-state index contributed by atoms with van der Waals surface area (Å²) in [7, 11) is -2.13. The normalized spacial score (nSPS) is 15.2. The number of sulfonamides is 1. The van der Waals surface area contributed by atoms with E-state index < -0.39 is 16.1 Å². The maximum Gasteiger partial charge on any atom is 0.270 e. The number of hydrogen-bond donors (Lipinski definition) is 1. The fraction of sp³-hybridized carbons (Fsp3) is 0.292. The average molecular weight is 515 g/mol. The molecule has 2 heterocycles. The molecule has 2 aromatic carbocycles. The lowest BCUT2D eigenvalue weighted by Gasteiger charge is -2.34. The monoisotopic (exact) mass is 514 g/mol. The van der Waals surface area contributed by atoms with Gasteiger partial charge in [0.2, 0.25) is 10.0 Å². The molecule has 184 valence electrons. The van der Waals surface area contributed by atoms with Crippen molar-refractivity contribution in [1.29, 1.82) is 0 Å². The second-order valence-electron chi connectivity index (χ2n) is 8.16. The van der Waals surface area contributed by atoms with Gasteiger partial charge in [-0.2, -0.15) is 0 Å². The number of ether oxygens (including phenoxy) is 1. The second-order valence-corrected chi connectivity index (χ2v) is 11.1. The molecule has 11 heteroatoms. The van der Waals surface area contributed by atoms with Crippen LogP contribution in [0.2, 0.25) is 0 Å². The number of fused-ring (bicyclic) bond motifs is 1. The maximum atomic E-state index is 13.6. The zero-order valence-electron chi connectivity index (χ0n) is 19.6. The van der Waals surface area contributed by atoms with Gasteiger partial charge in [-0.05, 0) is 31.0 Å². The lowest BCUT2D eigenvalue weighted by Crippen LogP contribution is -2.51. The summed E-state index contributed by atoms with van der Waals surface area (Å²) in [6.07, 6.45) is 0.857. The lowest BCUT2D eigenvalue weighted by molar-refractivity contribution is -0.127. The molecule has 1 atom stereocenters. The maximum absolute atomic E-state index is 13.6. The van der Waals surface area contributed by atoms with Gasteiger partial charge in [-0.25, -0.2) is 17.7 Å². The van der Waals surface area contributed by atoms with Crippen molar-refractivity contribution in [3.05, 3.63) is 70.7 Å². The zero-order chi connectivity index (χ0) is 25.2. The molecule has 0 unspecified atom stereocenters. The van der Waals surface area contributed by atoms with Gasteiger partial charge in [0.15, 0.2) is 11.2 Å². The van der Waals surface area contributed by atoms with Crippen molar-refractivity contribution in [2.24, 2.45) is 0 Å². The van der Waals surface area contributed by atoms with Gasteiger partial charge in [-0.3, -0.25) is 14.5 Å². The largest absolute Gasteiger partial charge is 0.477 e. The van der Waals surface area contributed by atoms with Crippen molar-refractivity contribution in [3.63, 3.8) is 0 Å². The molecule has 0 spiro atoms. The first-order valence-corrected chi connectivity index (χ1v) is 13.6. The van der Waals surface area contributed by atoms with Crippen LogP contribution in [0, 0.1) is 6.92 Å². The summed E-state index contributed by atoms with van der Waals surface area (Å²) in [4.78, 5) is 32.6. The van der Waals surface area contributed by atoms with E-state index in [0.29, 0.717) is 35.0 Å². The molecule has 1 aliphatic heterocycles. The van der Waals surface area contributed by atoms with Gasteiger partial charge >= 0.3 is 0 Å². The smallest absolute Gasteiger partial charge is 0.270 e. The Morgan fingerprint density at radius 1 is 1.17 bits per heavy atom. The van der Waals surface area contributed by atoms with Crippen LogP contribution in [0.1, 0.15) is 20.9 Å². The number of thiazole rings is 1. The number of hydrogen-bond acceptors (Lipinski definition) is 7. The number of carbonyl (C=O) groups excluding carboxylic acids is 2. The Labute approximate surface area is 208 Å². The highest BCUT2D eigenvalue weighted by Gasteiger charge is 2.35. The van der Waals surface area contributed by atoms with Crippen LogP contribution in [0.5, 0.6) is 5.75 Å². The van der Waals surface area contributed by atoms with E-state index in [9.17, 15) is 18.0 Å². The van der Waals surface area contributed by atoms with Crippen LogP contribution in [-0.2, 0) is 21.2 Å². The number of aromatic nitrogens is 1. The van der Waals surface area contributed by atoms with Crippen LogP contribution < -0.4 is 19.3 Å². The fourth-order valence-corrected chi connectivity index (χ4v) is 5.36. The number of nitrogens with zero attached hydrogens (tertiary/aromatic N) is 3. The summed E-state index contributed by atoms with van der Waals surface area (Å²) in [5, 5.41) is 3.09.